The number of hydrogen-bond acceptors (Lipinski definition) is 3. The van der Waals surface area contributed by atoms with E-state index in [2.05, 4.69) is 30.4 Å². The third-order valence-electron chi connectivity index (χ3n) is 3.70. The van der Waals surface area contributed by atoms with E-state index in [-0.39, 0.29) is 12.1 Å². The molecule has 0 fully saturated rings. The molecule has 1 aliphatic heterocycles. The van der Waals surface area contributed by atoms with Gasteiger partial charge in [0.1, 0.15) is 23.9 Å². The zero-order chi connectivity index (χ0) is 13.4. The molecule has 1 aliphatic rings. The molecular weight excluding hydrogens is 238 g/mol. The topological polar surface area (TPSA) is 34.4 Å². The van der Waals surface area contributed by atoms with E-state index in [0.717, 1.165) is 17.3 Å². The molecule has 3 heteroatoms. The van der Waals surface area contributed by atoms with Crippen LogP contribution in [0.15, 0.2) is 34.7 Å². The number of furan rings is 1. The van der Waals surface area contributed by atoms with Crippen LogP contribution in [0.5, 0.6) is 5.75 Å². The van der Waals surface area contributed by atoms with Crippen molar-refractivity contribution in [1.82, 2.24) is 5.32 Å². The fraction of sp³-hybridized carbons (Fsp3) is 0.375. The summed E-state index contributed by atoms with van der Waals surface area (Å²) in [5.74, 6) is 2.95. The second-order valence-electron chi connectivity index (χ2n) is 5.16. The van der Waals surface area contributed by atoms with Crippen molar-refractivity contribution in [2.75, 3.05) is 6.61 Å². The molecule has 2 heterocycles. The van der Waals surface area contributed by atoms with Gasteiger partial charge in [0.25, 0.3) is 0 Å². The molecule has 1 N–H and O–H groups in total. The molecule has 3 nitrogen and oxygen atoms in total. The van der Waals surface area contributed by atoms with E-state index < -0.39 is 0 Å². The highest BCUT2D eigenvalue weighted by molar-refractivity contribution is 5.39. The number of ether oxygens (including phenoxy) is 1. The number of benzene rings is 1. The molecule has 100 valence electrons. The summed E-state index contributed by atoms with van der Waals surface area (Å²) >= 11 is 0. The fourth-order valence-corrected chi connectivity index (χ4v) is 2.77. The first-order valence-corrected chi connectivity index (χ1v) is 6.70. The number of fused-ring (bicyclic) bond motifs is 1. The lowest BCUT2D eigenvalue weighted by atomic mass is 10.0. The van der Waals surface area contributed by atoms with Crippen LogP contribution in [0.1, 0.15) is 41.7 Å². The Bertz CT molecular complexity index is 588. The average molecular weight is 257 g/mol. The van der Waals surface area contributed by atoms with Crippen LogP contribution in [0.3, 0.4) is 0 Å². The minimum absolute atomic E-state index is 0.247. The van der Waals surface area contributed by atoms with Gasteiger partial charge in [-0.2, -0.15) is 0 Å². The fourth-order valence-electron chi connectivity index (χ4n) is 2.77. The van der Waals surface area contributed by atoms with Crippen molar-refractivity contribution in [2.45, 2.75) is 32.9 Å². The Morgan fingerprint density at radius 3 is 2.79 bits per heavy atom. The van der Waals surface area contributed by atoms with Gasteiger partial charge in [0.15, 0.2) is 0 Å². The summed E-state index contributed by atoms with van der Waals surface area (Å²) in [5.41, 5.74) is 2.47. The van der Waals surface area contributed by atoms with Crippen LogP contribution in [0, 0.1) is 13.8 Å². The first-order valence-electron chi connectivity index (χ1n) is 6.70. The van der Waals surface area contributed by atoms with Crippen LogP contribution < -0.4 is 10.1 Å². The van der Waals surface area contributed by atoms with E-state index >= 15 is 0 Å². The molecule has 0 aliphatic carbocycles. The molecule has 2 aromatic rings. The summed E-state index contributed by atoms with van der Waals surface area (Å²) in [6, 6.07) is 10.8. The van der Waals surface area contributed by atoms with Crippen molar-refractivity contribution in [3.8, 4) is 5.75 Å². The average Bonchev–Trinajstić information content (AvgIpc) is 2.94. The van der Waals surface area contributed by atoms with Crippen molar-refractivity contribution < 1.29 is 9.15 Å². The minimum Gasteiger partial charge on any atom is -0.491 e. The number of rotatable bonds is 3. The monoisotopic (exact) mass is 257 g/mol. The van der Waals surface area contributed by atoms with Gasteiger partial charge >= 0.3 is 0 Å². The van der Waals surface area contributed by atoms with Crippen LogP contribution >= 0.6 is 0 Å². The smallest absolute Gasteiger partial charge is 0.124 e. The molecule has 0 radical (unpaired) electrons. The molecule has 0 bridgehead atoms. The van der Waals surface area contributed by atoms with Crippen LogP contribution in [0.2, 0.25) is 0 Å². The summed E-state index contributed by atoms with van der Waals surface area (Å²) < 4.78 is 11.3. The SMILES string of the molecule is Cc1cc(C(C)NC2COc3ccccc32)c(C)o1. The van der Waals surface area contributed by atoms with Gasteiger partial charge in [0, 0.05) is 17.2 Å². The molecule has 2 atom stereocenters. The Morgan fingerprint density at radius 1 is 1.26 bits per heavy atom. The molecule has 1 aromatic carbocycles. The molecule has 2 unspecified atom stereocenters. The van der Waals surface area contributed by atoms with E-state index in [1.807, 2.05) is 26.0 Å². The molecule has 0 amide bonds. The van der Waals surface area contributed by atoms with Gasteiger partial charge in [0.2, 0.25) is 0 Å². The van der Waals surface area contributed by atoms with Crippen molar-refractivity contribution in [2.24, 2.45) is 0 Å². The third kappa shape index (κ3) is 2.26. The van der Waals surface area contributed by atoms with Gasteiger partial charge in [-0.3, -0.25) is 0 Å². The molecule has 3 rings (SSSR count). The predicted molar refractivity (Wildman–Crippen MR) is 74.4 cm³/mol. The van der Waals surface area contributed by atoms with Crippen LogP contribution in [0.25, 0.3) is 0 Å². The van der Waals surface area contributed by atoms with Gasteiger partial charge in [-0.1, -0.05) is 18.2 Å². The minimum atomic E-state index is 0.247. The highest BCUT2D eigenvalue weighted by Gasteiger charge is 2.26. The maximum atomic E-state index is 5.70. The second-order valence-corrected chi connectivity index (χ2v) is 5.16. The lowest BCUT2D eigenvalue weighted by Gasteiger charge is -2.18. The van der Waals surface area contributed by atoms with E-state index in [4.69, 9.17) is 9.15 Å². The summed E-state index contributed by atoms with van der Waals surface area (Å²) in [6.07, 6.45) is 0. The standard InChI is InChI=1S/C16H19NO2/c1-10-8-14(12(3)19-10)11(2)17-15-9-18-16-7-5-4-6-13(15)16/h4-8,11,15,17H,9H2,1-3H3. The Morgan fingerprint density at radius 2 is 2.05 bits per heavy atom. The Balaban J connectivity index is 1.78. The lowest BCUT2D eigenvalue weighted by Crippen LogP contribution is -2.25. The van der Waals surface area contributed by atoms with Gasteiger partial charge in [0.05, 0.1) is 6.04 Å². The summed E-state index contributed by atoms with van der Waals surface area (Å²) in [4.78, 5) is 0. The van der Waals surface area contributed by atoms with Gasteiger partial charge in [-0.05, 0) is 32.9 Å². The largest absolute Gasteiger partial charge is 0.491 e. The first-order chi connectivity index (χ1) is 9.15. The lowest BCUT2D eigenvalue weighted by molar-refractivity contribution is 0.300. The van der Waals surface area contributed by atoms with Crippen LogP contribution in [-0.4, -0.2) is 6.61 Å². The van der Waals surface area contributed by atoms with Gasteiger partial charge in [-0.25, -0.2) is 0 Å². The quantitative estimate of drug-likeness (QED) is 0.910. The summed E-state index contributed by atoms with van der Waals surface area (Å²) in [6.45, 7) is 6.86. The number of hydrogen-bond donors (Lipinski definition) is 1. The molecule has 1 aromatic heterocycles. The van der Waals surface area contributed by atoms with E-state index in [9.17, 15) is 0 Å². The molecule has 0 saturated carbocycles. The van der Waals surface area contributed by atoms with E-state index in [1.165, 1.54) is 11.1 Å². The third-order valence-corrected chi connectivity index (χ3v) is 3.70. The van der Waals surface area contributed by atoms with Gasteiger partial charge < -0.3 is 14.5 Å². The summed E-state index contributed by atoms with van der Waals surface area (Å²) in [7, 11) is 0. The molecule has 19 heavy (non-hydrogen) atoms. The molecule has 0 spiro atoms. The first kappa shape index (κ1) is 12.3. The van der Waals surface area contributed by atoms with E-state index in [1.54, 1.807) is 0 Å². The normalized spacial score (nSPS) is 19.0. The second kappa shape index (κ2) is 4.74. The molecule has 0 saturated heterocycles. The van der Waals surface area contributed by atoms with Crippen molar-refractivity contribution in [3.63, 3.8) is 0 Å². The Kier molecular flexibility index (Phi) is 3.07. The highest BCUT2D eigenvalue weighted by Crippen LogP contribution is 2.34. The summed E-state index contributed by atoms with van der Waals surface area (Å²) in [5, 5.41) is 3.62. The number of para-hydroxylation sites is 1. The zero-order valence-corrected chi connectivity index (χ0v) is 11.6. The maximum absolute atomic E-state index is 5.70. The van der Waals surface area contributed by atoms with Crippen molar-refractivity contribution in [1.29, 1.82) is 0 Å². The van der Waals surface area contributed by atoms with Gasteiger partial charge in [-0.15, -0.1) is 0 Å². The predicted octanol–water partition coefficient (Wildman–Crippen LogP) is 3.68. The number of nitrogens with one attached hydrogen (secondary N) is 1. The van der Waals surface area contributed by atoms with Crippen molar-refractivity contribution >= 4 is 0 Å². The zero-order valence-electron chi connectivity index (χ0n) is 11.6. The Labute approximate surface area is 113 Å². The maximum Gasteiger partial charge on any atom is 0.124 e. The molecular formula is C16H19NO2. The highest BCUT2D eigenvalue weighted by atomic mass is 16.5. The van der Waals surface area contributed by atoms with Crippen LogP contribution in [0.4, 0.5) is 0 Å². The van der Waals surface area contributed by atoms with Crippen LogP contribution in [-0.2, 0) is 0 Å². The van der Waals surface area contributed by atoms with E-state index in [0.29, 0.717) is 6.61 Å². The number of aryl methyl sites for hydroxylation is 2. The van der Waals surface area contributed by atoms with Crippen molar-refractivity contribution in [3.05, 3.63) is 53.0 Å². The Hall–Kier alpha value is -1.74.